The third-order valence-electron chi connectivity index (χ3n) is 3.01. The standard InChI is InChI=1S/C10H14O3/c1-7(11)10(8(2)12)5-3-9(13)4-6-10/h3-6H2,1-2H3. The Balaban J connectivity index is 2.87. The summed E-state index contributed by atoms with van der Waals surface area (Å²) in [6, 6.07) is 0. The summed E-state index contributed by atoms with van der Waals surface area (Å²) in [4.78, 5) is 33.6. The molecule has 0 aromatic rings. The second-order valence-corrected chi connectivity index (χ2v) is 3.73. The smallest absolute Gasteiger partial charge is 0.143 e. The highest BCUT2D eigenvalue weighted by atomic mass is 16.2. The molecule has 0 atom stereocenters. The molecule has 0 N–H and O–H groups in total. The van der Waals surface area contributed by atoms with Crippen molar-refractivity contribution in [1.29, 1.82) is 0 Å². The second-order valence-electron chi connectivity index (χ2n) is 3.73. The average Bonchev–Trinajstić information content (AvgIpc) is 2.04. The van der Waals surface area contributed by atoms with E-state index < -0.39 is 5.41 Å². The lowest BCUT2D eigenvalue weighted by Crippen LogP contribution is -2.40. The number of carbonyl (C=O) groups excluding carboxylic acids is 3. The summed E-state index contributed by atoms with van der Waals surface area (Å²) >= 11 is 0. The maximum absolute atomic E-state index is 11.3. The number of Topliss-reactive ketones (excluding diaryl/α,β-unsaturated/α-hetero) is 3. The Morgan fingerprint density at radius 3 is 1.77 bits per heavy atom. The van der Waals surface area contributed by atoms with Gasteiger partial charge in [0.25, 0.3) is 0 Å². The van der Waals surface area contributed by atoms with Gasteiger partial charge in [0.1, 0.15) is 17.3 Å². The first-order valence-corrected chi connectivity index (χ1v) is 4.53. The Hall–Kier alpha value is -0.990. The van der Waals surface area contributed by atoms with Gasteiger partial charge in [-0.15, -0.1) is 0 Å². The van der Waals surface area contributed by atoms with E-state index in [1.54, 1.807) is 0 Å². The van der Waals surface area contributed by atoms with Gasteiger partial charge in [0.15, 0.2) is 0 Å². The van der Waals surface area contributed by atoms with Gasteiger partial charge in [-0.05, 0) is 26.7 Å². The molecule has 1 saturated carbocycles. The van der Waals surface area contributed by atoms with Crippen molar-refractivity contribution in [2.45, 2.75) is 39.5 Å². The number of rotatable bonds is 2. The molecule has 13 heavy (non-hydrogen) atoms. The minimum absolute atomic E-state index is 0.0903. The first kappa shape index (κ1) is 10.1. The van der Waals surface area contributed by atoms with E-state index in [1.165, 1.54) is 13.8 Å². The Labute approximate surface area is 77.5 Å². The minimum Gasteiger partial charge on any atom is -0.300 e. The van der Waals surface area contributed by atoms with E-state index in [0.717, 1.165) is 0 Å². The fourth-order valence-electron chi connectivity index (χ4n) is 1.91. The van der Waals surface area contributed by atoms with Crippen molar-refractivity contribution in [3.63, 3.8) is 0 Å². The van der Waals surface area contributed by atoms with Crippen molar-refractivity contribution in [2.24, 2.45) is 5.41 Å². The monoisotopic (exact) mass is 182 g/mol. The lowest BCUT2D eigenvalue weighted by atomic mass is 9.69. The molecule has 0 saturated heterocycles. The van der Waals surface area contributed by atoms with Crippen LogP contribution in [0, 0.1) is 5.41 Å². The van der Waals surface area contributed by atoms with Crippen LogP contribution in [-0.4, -0.2) is 17.3 Å². The third-order valence-corrected chi connectivity index (χ3v) is 3.01. The van der Waals surface area contributed by atoms with Gasteiger partial charge in [-0.1, -0.05) is 0 Å². The zero-order valence-electron chi connectivity index (χ0n) is 8.05. The van der Waals surface area contributed by atoms with Crippen LogP contribution in [0.2, 0.25) is 0 Å². The SMILES string of the molecule is CC(=O)C1(C(C)=O)CCC(=O)CC1. The molecule has 0 spiro atoms. The van der Waals surface area contributed by atoms with Crippen LogP contribution < -0.4 is 0 Å². The molecule has 72 valence electrons. The molecule has 0 bridgehead atoms. The summed E-state index contributed by atoms with van der Waals surface area (Å²) in [6.07, 6.45) is 1.57. The molecule has 0 radical (unpaired) electrons. The van der Waals surface area contributed by atoms with E-state index in [4.69, 9.17) is 0 Å². The average molecular weight is 182 g/mol. The van der Waals surface area contributed by atoms with Gasteiger partial charge in [0.2, 0.25) is 0 Å². The highest BCUT2D eigenvalue weighted by Gasteiger charge is 2.42. The molecule has 3 nitrogen and oxygen atoms in total. The van der Waals surface area contributed by atoms with Gasteiger partial charge in [-0.2, -0.15) is 0 Å². The van der Waals surface area contributed by atoms with Gasteiger partial charge in [0.05, 0.1) is 5.41 Å². The quantitative estimate of drug-likeness (QED) is 0.605. The van der Waals surface area contributed by atoms with Gasteiger partial charge >= 0.3 is 0 Å². The molecule has 0 aromatic heterocycles. The van der Waals surface area contributed by atoms with E-state index in [1.807, 2.05) is 0 Å². The van der Waals surface area contributed by atoms with Crippen molar-refractivity contribution in [3.8, 4) is 0 Å². The van der Waals surface area contributed by atoms with Gasteiger partial charge in [-0.3, -0.25) is 14.4 Å². The molecule has 0 aliphatic heterocycles. The van der Waals surface area contributed by atoms with E-state index >= 15 is 0 Å². The van der Waals surface area contributed by atoms with E-state index in [0.29, 0.717) is 25.7 Å². The van der Waals surface area contributed by atoms with Crippen LogP contribution in [0.1, 0.15) is 39.5 Å². The minimum atomic E-state index is -0.839. The molecule has 1 rings (SSSR count). The lowest BCUT2D eigenvalue weighted by molar-refractivity contribution is -0.142. The van der Waals surface area contributed by atoms with E-state index in [-0.39, 0.29) is 17.3 Å². The molecular weight excluding hydrogens is 168 g/mol. The first-order chi connectivity index (χ1) is 5.99. The highest BCUT2D eigenvalue weighted by molar-refractivity contribution is 6.06. The Morgan fingerprint density at radius 2 is 1.46 bits per heavy atom. The topological polar surface area (TPSA) is 51.2 Å². The molecule has 0 unspecified atom stereocenters. The summed E-state index contributed by atoms with van der Waals surface area (Å²) in [6.45, 7) is 2.88. The molecule has 0 aromatic carbocycles. The zero-order valence-corrected chi connectivity index (χ0v) is 8.05. The third kappa shape index (κ3) is 1.69. The largest absolute Gasteiger partial charge is 0.300 e. The number of hydrogen-bond donors (Lipinski definition) is 0. The second kappa shape index (κ2) is 3.40. The van der Waals surface area contributed by atoms with Gasteiger partial charge in [-0.25, -0.2) is 0 Å². The van der Waals surface area contributed by atoms with Crippen LogP contribution in [0.4, 0.5) is 0 Å². The van der Waals surface area contributed by atoms with Crippen LogP contribution >= 0.6 is 0 Å². The number of carbonyl (C=O) groups is 3. The normalized spacial score (nSPS) is 21.2. The first-order valence-electron chi connectivity index (χ1n) is 4.53. The number of hydrogen-bond acceptors (Lipinski definition) is 3. The maximum atomic E-state index is 11.3. The Morgan fingerprint density at radius 1 is 1.08 bits per heavy atom. The van der Waals surface area contributed by atoms with Crippen molar-refractivity contribution >= 4 is 17.3 Å². The van der Waals surface area contributed by atoms with Crippen LogP contribution in [0.25, 0.3) is 0 Å². The summed E-state index contributed by atoms with van der Waals surface area (Å²) in [5.74, 6) is -0.0156. The van der Waals surface area contributed by atoms with Crippen molar-refractivity contribution in [3.05, 3.63) is 0 Å². The molecule has 1 aliphatic rings. The summed E-state index contributed by atoms with van der Waals surface area (Å²) in [5, 5.41) is 0. The van der Waals surface area contributed by atoms with Crippen LogP contribution in [0.3, 0.4) is 0 Å². The molecular formula is C10H14O3. The molecule has 0 amide bonds. The molecule has 1 fully saturated rings. The predicted octanol–water partition coefficient (Wildman–Crippen LogP) is 1.29. The van der Waals surface area contributed by atoms with E-state index in [9.17, 15) is 14.4 Å². The van der Waals surface area contributed by atoms with Crippen molar-refractivity contribution in [2.75, 3.05) is 0 Å². The number of ketones is 3. The molecule has 1 aliphatic carbocycles. The fourth-order valence-corrected chi connectivity index (χ4v) is 1.91. The fraction of sp³-hybridized carbons (Fsp3) is 0.700. The van der Waals surface area contributed by atoms with E-state index in [2.05, 4.69) is 0 Å². The van der Waals surface area contributed by atoms with Gasteiger partial charge in [0, 0.05) is 12.8 Å². The Kier molecular flexibility index (Phi) is 2.64. The summed E-state index contributed by atoms with van der Waals surface area (Å²) < 4.78 is 0. The summed E-state index contributed by atoms with van der Waals surface area (Å²) in [5.41, 5.74) is -0.839. The highest BCUT2D eigenvalue weighted by Crippen LogP contribution is 2.36. The van der Waals surface area contributed by atoms with Crippen LogP contribution in [-0.2, 0) is 14.4 Å². The molecule has 0 heterocycles. The zero-order chi connectivity index (χ0) is 10.1. The summed E-state index contributed by atoms with van der Waals surface area (Å²) in [7, 11) is 0. The maximum Gasteiger partial charge on any atom is 0.143 e. The van der Waals surface area contributed by atoms with Crippen molar-refractivity contribution < 1.29 is 14.4 Å². The molecule has 3 heteroatoms. The lowest BCUT2D eigenvalue weighted by Gasteiger charge is -2.31. The predicted molar refractivity (Wildman–Crippen MR) is 47.3 cm³/mol. The van der Waals surface area contributed by atoms with Crippen molar-refractivity contribution in [1.82, 2.24) is 0 Å². The Bertz CT molecular complexity index is 239. The van der Waals surface area contributed by atoms with Crippen LogP contribution in [0.15, 0.2) is 0 Å². The van der Waals surface area contributed by atoms with Crippen LogP contribution in [0.5, 0.6) is 0 Å². The van der Waals surface area contributed by atoms with Gasteiger partial charge < -0.3 is 0 Å².